The van der Waals surface area contributed by atoms with Crippen molar-refractivity contribution in [1.82, 2.24) is 14.9 Å². The van der Waals surface area contributed by atoms with Gasteiger partial charge in [0.1, 0.15) is 0 Å². The van der Waals surface area contributed by atoms with Crippen molar-refractivity contribution in [2.75, 3.05) is 19.6 Å². The van der Waals surface area contributed by atoms with E-state index < -0.39 is 10.0 Å². The van der Waals surface area contributed by atoms with Gasteiger partial charge in [-0.15, -0.1) is 0 Å². The highest BCUT2D eigenvalue weighted by molar-refractivity contribution is 7.89. The van der Waals surface area contributed by atoms with Gasteiger partial charge in [-0.2, -0.15) is 0 Å². The summed E-state index contributed by atoms with van der Waals surface area (Å²) in [4.78, 5) is 14.6. The smallest absolute Gasteiger partial charge is 0.240 e. The van der Waals surface area contributed by atoms with Crippen LogP contribution in [0.2, 0.25) is 5.02 Å². The first-order chi connectivity index (χ1) is 13.9. The lowest BCUT2D eigenvalue weighted by Gasteiger charge is -2.14. The second kappa shape index (κ2) is 10.2. The summed E-state index contributed by atoms with van der Waals surface area (Å²) in [6.45, 7) is 3.76. The minimum atomic E-state index is -3.65. The summed E-state index contributed by atoms with van der Waals surface area (Å²) in [5, 5.41) is 3.29. The van der Waals surface area contributed by atoms with E-state index in [9.17, 15) is 13.2 Å². The van der Waals surface area contributed by atoms with Crippen LogP contribution in [0.15, 0.2) is 53.4 Å². The number of hydrogen-bond donors (Lipinski definition) is 2. The second-order valence-corrected chi connectivity index (χ2v) is 9.38. The molecule has 0 radical (unpaired) electrons. The molecule has 0 aromatic heterocycles. The molecule has 3 rings (SSSR count). The molecule has 0 bridgehead atoms. The van der Waals surface area contributed by atoms with Gasteiger partial charge in [0, 0.05) is 31.1 Å². The molecule has 1 saturated heterocycles. The summed E-state index contributed by atoms with van der Waals surface area (Å²) in [6.07, 6.45) is 2.62. The molecule has 6 nitrogen and oxygen atoms in total. The van der Waals surface area contributed by atoms with E-state index in [2.05, 4.69) is 27.1 Å². The molecular formula is C21H26ClN3O3S. The number of nitrogens with one attached hydrogen (secondary N) is 2. The van der Waals surface area contributed by atoms with Gasteiger partial charge in [-0.25, -0.2) is 13.1 Å². The predicted molar refractivity (Wildman–Crippen MR) is 114 cm³/mol. The van der Waals surface area contributed by atoms with E-state index >= 15 is 0 Å². The summed E-state index contributed by atoms with van der Waals surface area (Å²) in [7, 11) is -3.65. The molecule has 156 valence electrons. The van der Waals surface area contributed by atoms with Crippen molar-refractivity contribution < 1.29 is 13.2 Å². The van der Waals surface area contributed by atoms with Crippen molar-refractivity contribution in [1.29, 1.82) is 0 Å². The van der Waals surface area contributed by atoms with Gasteiger partial charge < -0.3 is 5.32 Å². The van der Waals surface area contributed by atoms with Crippen LogP contribution in [0.3, 0.4) is 0 Å². The summed E-state index contributed by atoms with van der Waals surface area (Å²) in [5.74, 6) is -0.204. The molecule has 0 atom stereocenters. The first kappa shape index (κ1) is 21.8. The monoisotopic (exact) mass is 435 g/mol. The van der Waals surface area contributed by atoms with E-state index in [4.69, 9.17) is 11.6 Å². The third-order valence-corrected chi connectivity index (χ3v) is 6.61. The summed E-state index contributed by atoms with van der Waals surface area (Å²) in [5.41, 5.74) is 2.30. The van der Waals surface area contributed by atoms with E-state index in [-0.39, 0.29) is 23.8 Å². The Morgan fingerprint density at radius 2 is 1.59 bits per heavy atom. The number of sulfonamides is 1. The van der Waals surface area contributed by atoms with Crippen molar-refractivity contribution in [3.8, 4) is 0 Å². The van der Waals surface area contributed by atoms with Crippen LogP contribution in [0.5, 0.6) is 0 Å². The number of hydrogen-bond acceptors (Lipinski definition) is 4. The molecule has 2 N–H and O–H groups in total. The largest absolute Gasteiger partial charge is 0.352 e. The SMILES string of the molecule is O=C(CCNS(=O)(=O)c1ccc(Cl)cc1)NCc1ccc(CN2CCCC2)cc1. The van der Waals surface area contributed by atoms with Gasteiger partial charge in [0.25, 0.3) is 0 Å². The van der Waals surface area contributed by atoms with Crippen molar-refractivity contribution in [3.63, 3.8) is 0 Å². The first-order valence-corrected chi connectivity index (χ1v) is 11.6. The van der Waals surface area contributed by atoms with Crippen LogP contribution in [0.4, 0.5) is 0 Å². The fourth-order valence-electron chi connectivity index (χ4n) is 3.25. The summed E-state index contributed by atoms with van der Waals surface area (Å²) in [6, 6.07) is 14.1. The highest BCUT2D eigenvalue weighted by Gasteiger charge is 2.14. The van der Waals surface area contributed by atoms with Crippen LogP contribution in [-0.2, 0) is 27.9 Å². The molecule has 0 unspecified atom stereocenters. The number of halogens is 1. The lowest BCUT2D eigenvalue weighted by Crippen LogP contribution is -2.30. The third kappa shape index (κ3) is 6.82. The normalized spacial score (nSPS) is 14.8. The van der Waals surface area contributed by atoms with Crippen LogP contribution < -0.4 is 10.0 Å². The van der Waals surface area contributed by atoms with Gasteiger partial charge in [0.05, 0.1) is 4.90 Å². The number of benzene rings is 2. The summed E-state index contributed by atoms with van der Waals surface area (Å²) < 4.78 is 26.8. The molecule has 1 amide bonds. The van der Waals surface area contributed by atoms with Crippen LogP contribution in [0.25, 0.3) is 0 Å². The molecule has 1 aliphatic rings. The zero-order chi connectivity index (χ0) is 20.7. The van der Waals surface area contributed by atoms with E-state index in [1.165, 1.54) is 55.8 Å². The van der Waals surface area contributed by atoms with Crippen molar-refractivity contribution >= 4 is 27.5 Å². The van der Waals surface area contributed by atoms with E-state index in [0.717, 1.165) is 12.1 Å². The fourth-order valence-corrected chi connectivity index (χ4v) is 4.40. The van der Waals surface area contributed by atoms with E-state index in [0.29, 0.717) is 11.6 Å². The lowest BCUT2D eigenvalue weighted by molar-refractivity contribution is -0.121. The highest BCUT2D eigenvalue weighted by Crippen LogP contribution is 2.14. The molecule has 8 heteroatoms. The molecular weight excluding hydrogens is 410 g/mol. The van der Waals surface area contributed by atoms with Crippen molar-refractivity contribution in [2.24, 2.45) is 0 Å². The topological polar surface area (TPSA) is 78.5 Å². The third-order valence-electron chi connectivity index (χ3n) is 4.89. The Morgan fingerprint density at radius 3 is 2.24 bits per heavy atom. The standard InChI is InChI=1S/C21H26ClN3O3S/c22-19-7-9-20(10-8-19)29(27,28)24-12-11-21(26)23-15-17-3-5-18(6-4-17)16-25-13-1-2-14-25/h3-10,24H,1-2,11-16H2,(H,23,26). The Bertz CT molecular complexity index is 909. The number of likely N-dealkylation sites (tertiary alicyclic amines) is 1. The number of rotatable bonds is 9. The molecule has 2 aromatic rings. The maximum atomic E-state index is 12.2. The lowest BCUT2D eigenvalue weighted by atomic mass is 10.1. The Labute approximate surface area is 177 Å². The van der Waals surface area contributed by atoms with Crippen LogP contribution in [-0.4, -0.2) is 38.9 Å². The van der Waals surface area contributed by atoms with E-state index in [1.807, 2.05) is 12.1 Å². The molecule has 0 spiro atoms. The molecule has 1 heterocycles. The van der Waals surface area contributed by atoms with Gasteiger partial charge in [0.15, 0.2) is 0 Å². The van der Waals surface area contributed by atoms with Gasteiger partial charge in [-0.1, -0.05) is 35.9 Å². The average molecular weight is 436 g/mol. The molecule has 0 saturated carbocycles. The van der Waals surface area contributed by atoms with Gasteiger partial charge in [0.2, 0.25) is 15.9 Å². The molecule has 0 aliphatic carbocycles. The van der Waals surface area contributed by atoms with Gasteiger partial charge in [-0.05, 0) is 61.3 Å². The minimum Gasteiger partial charge on any atom is -0.352 e. The quantitative estimate of drug-likeness (QED) is 0.634. The Kier molecular flexibility index (Phi) is 7.66. The van der Waals surface area contributed by atoms with Crippen molar-refractivity contribution in [2.45, 2.75) is 37.2 Å². The van der Waals surface area contributed by atoms with Crippen LogP contribution >= 0.6 is 11.6 Å². The van der Waals surface area contributed by atoms with Crippen LogP contribution in [0.1, 0.15) is 30.4 Å². The number of carbonyl (C=O) groups is 1. The molecule has 2 aromatic carbocycles. The Hall–Kier alpha value is -1.93. The Morgan fingerprint density at radius 1 is 0.966 bits per heavy atom. The van der Waals surface area contributed by atoms with Crippen molar-refractivity contribution in [3.05, 3.63) is 64.7 Å². The second-order valence-electron chi connectivity index (χ2n) is 7.18. The maximum absolute atomic E-state index is 12.2. The first-order valence-electron chi connectivity index (χ1n) is 9.74. The van der Waals surface area contributed by atoms with Crippen LogP contribution in [0, 0.1) is 0 Å². The molecule has 1 aliphatic heterocycles. The predicted octanol–water partition coefficient (Wildman–Crippen LogP) is 2.92. The number of carbonyl (C=O) groups excluding carboxylic acids is 1. The maximum Gasteiger partial charge on any atom is 0.240 e. The molecule has 1 fully saturated rings. The zero-order valence-electron chi connectivity index (χ0n) is 16.2. The van der Waals surface area contributed by atoms with Gasteiger partial charge >= 0.3 is 0 Å². The molecule has 29 heavy (non-hydrogen) atoms. The number of nitrogens with zero attached hydrogens (tertiary/aromatic N) is 1. The zero-order valence-corrected chi connectivity index (χ0v) is 17.8. The number of amides is 1. The summed E-state index contributed by atoms with van der Waals surface area (Å²) >= 11 is 5.77. The fraction of sp³-hybridized carbons (Fsp3) is 0.381. The van der Waals surface area contributed by atoms with Gasteiger partial charge in [-0.3, -0.25) is 9.69 Å². The highest BCUT2D eigenvalue weighted by atomic mass is 35.5. The van der Waals surface area contributed by atoms with E-state index in [1.54, 1.807) is 0 Å². The average Bonchev–Trinajstić information content (AvgIpc) is 3.21. The minimum absolute atomic E-state index is 0.0333. The Balaban J connectivity index is 1.38.